The number of nitrogens with zero attached hydrogens (tertiary/aromatic N) is 2. The van der Waals surface area contributed by atoms with E-state index in [9.17, 15) is 13.2 Å². The molecule has 0 saturated carbocycles. The number of aromatic nitrogens is 2. The van der Waals surface area contributed by atoms with Gasteiger partial charge in [-0.3, -0.25) is 4.79 Å². The third-order valence-electron chi connectivity index (χ3n) is 5.02. The van der Waals surface area contributed by atoms with E-state index in [0.29, 0.717) is 29.2 Å². The van der Waals surface area contributed by atoms with Gasteiger partial charge in [-0.1, -0.05) is 23.7 Å². The molecule has 0 fully saturated rings. The smallest absolute Gasteiger partial charge is 0.206 e. The van der Waals surface area contributed by atoms with Crippen molar-refractivity contribution in [2.75, 3.05) is 7.11 Å². The van der Waals surface area contributed by atoms with Gasteiger partial charge in [0, 0.05) is 36.6 Å². The highest BCUT2D eigenvalue weighted by atomic mass is 35.5. The number of halogens is 1. The largest absolute Gasteiger partial charge is 0.495 e. The number of benzene rings is 2. The van der Waals surface area contributed by atoms with Gasteiger partial charge >= 0.3 is 0 Å². The molecule has 2 aromatic carbocycles. The molecule has 0 aliphatic heterocycles. The lowest BCUT2D eigenvalue weighted by atomic mass is 10.0. The summed E-state index contributed by atoms with van der Waals surface area (Å²) in [4.78, 5) is 17.0. The van der Waals surface area contributed by atoms with Crippen LogP contribution in [-0.4, -0.2) is 30.7 Å². The highest BCUT2D eigenvalue weighted by molar-refractivity contribution is 7.91. The van der Waals surface area contributed by atoms with Crippen LogP contribution >= 0.6 is 11.6 Å². The fourth-order valence-corrected chi connectivity index (χ4v) is 4.74. The monoisotopic (exact) mass is 454 g/mol. The summed E-state index contributed by atoms with van der Waals surface area (Å²) in [5, 5.41) is 0.341. The zero-order valence-corrected chi connectivity index (χ0v) is 18.2. The Kier molecular flexibility index (Phi) is 5.80. The maximum atomic E-state index is 12.9. The van der Waals surface area contributed by atoms with Gasteiger partial charge in [0.05, 0.1) is 21.9 Å². The normalized spacial score (nSPS) is 11.5. The number of imidazole rings is 1. The minimum atomic E-state index is -3.71. The Bertz CT molecular complexity index is 1360. The summed E-state index contributed by atoms with van der Waals surface area (Å²) in [6.45, 7) is 0. The van der Waals surface area contributed by atoms with E-state index in [4.69, 9.17) is 16.3 Å². The molecule has 2 aromatic heterocycles. The van der Waals surface area contributed by atoms with Crippen LogP contribution in [0.25, 0.3) is 5.65 Å². The van der Waals surface area contributed by atoms with Crippen molar-refractivity contribution in [3.63, 3.8) is 0 Å². The summed E-state index contributed by atoms with van der Waals surface area (Å²) < 4.78 is 32.7. The molecule has 0 unspecified atom stereocenters. The number of rotatable bonds is 7. The van der Waals surface area contributed by atoms with Crippen LogP contribution in [0, 0.1) is 0 Å². The number of hydrogen-bond donors (Lipinski definition) is 0. The molecular formula is C23H19ClN2O4S. The van der Waals surface area contributed by atoms with Crippen molar-refractivity contribution in [1.82, 2.24) is 9.38 Å². The lowest BCUT2D eigenvalue weighted by Crippen LogP contribution is -2.04. The van der Waals surface area contributed by atoms with Gasteiger partial charge in [-0.2, -0.15) is 0 Å². The first kappa shape index (κ1) is 21.1. The van der Waals surface area contributed by atoms with E-state index < -0.39 is 9.84 Å². The lowest BCUT2D eigenvalue weighted by Gasteiger charge is -2.09. The molecule has 0 amide bonds. The molecular weight excluding hydrogens is 436 g/mol. The predicted molar refractivity (Wildman–Crippen MR) is 118 cm³/mol. The average molecular weight is 455 g/mol. The molecule has 0 N–H and O–H groups in total. The van der Waals surface area contributed by atoms with Crippen molar-refractivity contribution < 1.29 is 17.9 Å². The van der Waals surface area contributed by atoms with Crippen LogP contribution in [0.3, 0.4) is 0 Å². The third kappa shape index (κ3) is 4.33. The van der Waals surface area contributed by atoms with Crippen LogP contribution in [0.5, 0.6) is 5.75 Å². The molecule has 158 valence electrons. The Morgan fingerprint density at radius 3 is 2.55 bits per heavy atom. The third-order valence-corrected chi connectivity index (χ3v) is 7.10. The minimum Gasteiger partial charge on any atom is -0.495 e. The van der Waals surface area contributed by atoms with Crippen LogP contribution in [0.15, 0.2) is 83.0 Å². The maximum absolute atomic E-state index is 12.9. The molecule has 8 heteroatoms. The van der Waals surface area contributed by atoms with Gasteiger partial charge in [-0.25, -0.2) is 13.4 Å². The van der Waals surface area contributed by atoms with Gasteiger partial charge in [0.25, 0.3) is 0 Å². The molecule has 4 aromatic rings. The molecule has 31 heavy (non-hydrogen) atoms. The van der Waals surface area contributed by atoms with Gasteiger partial charge in [0.1, 0.15) is 11.4 Å². The number of ketones is 1. The summed E-state index contributed by atoms with van der Waals surface area (Å²) in [6.07, 6.45) is 6.07. The van der Waals surface area contributed by atoms with Crippen molar-refractivity contribution in [3.8, 4) is 5.75 Å². The van der Waals surface area contributed by atoms with Gasteiger partial charge in [0.15, 0.2) is 5.78 Å². The van der Waals surface area contributed by atoms with Crippen molar-refractivity contribution in [2.24, 2.45) is 0 Å². The van der Waals surface area contributed by atoms with Crippen molar-refractivity contribution in [2.45, 2.75) is 22.6 Å². The maximum Gasteiger partial charge on any atom is 0.206 e. The molecule has 4 rings (SSSR count). The van der Waals surface area contributed by atoms with Crippen LogP contribution < -0.4 is 4.74 Å². The van der Waals surface area contributed by atoms with Crippen molar-refractivity contribution in [1.29, 1.82) is 0 Å². The van der Waals surface area contributed by atoms with Gasteiger partial charge in [-0.05, 0) is 48.4 Å². The zero-order chi connectivity index (χ0) is 22.0. The SMILES string of the molecule is COc1cc(S(=O)(=O)c2ccc(CCC(=O)c3ccc4nccn4c3)cc2)ccc1Cl. The molecule has 0 atom stereocenters. The molecule has 6 nitrogen and oxygen atoms in total. The molecule has 0 radical (unpaired) electrons. The van der Waals surface area contributed by atoms with E-state index in [1.165, 1.54) is 25.3 Å². The Labute approximate surface area is 185 Å². The Balaban J connectivity index is 1.47. The van der Waals surface area contributed by atoms with Gasteiger partial charge in [-0.15, -0.1) is 0 Å². The summed E-state index contributed by atoms with van der Waals surface area (Å²) in [5.41, 5.74) is 2.28. The van der Waals surface area contributed by atoms with E-state index in [1.54, 1.807) is 59.4 Å². The van der Waals surface area contributed by atoms with Gasteiger partial charge < -0.3 is 9.14 Å². The molecule has 0 aliphatic rings. The summed E-state index contributed by atoms with van der Waals surface area (Å²) in [5.74, 6) is 0.312. The Morgan fingerprint density at radius 1 is 1.06 bits per heavy atom. The highest BCUT2D eigenvalue weighted by Crippen LogP contribution is 2.30. The fourth-order valence-electron chi connectivity index (χ4n) is 3.27. The second kappa shape index (κ2) is 8.53. The number of fused-ring (bicyclic) bond motifs is 1. The van der Waals surface area contributed by atoms with Crippen LogP contribution in [0.1, 0.15) is 22.3 Å². The minimum absolute atomic E-state index is 0.0144. The average Bonchev–Trinajstić information content (AvgIpc) is 3.26. The van der Waals surface area contributed by atoms with E-state index in [0.717, 1.165) is 11.2 Å². The number of hydrogen-bond acceptors (Lipinski definition) is 5. The molecule has 2 heterocycles. The van der Waals surface area contributed by atoms with E-state index in [2.05, 4.69) is 4.98 Å². The fraction of sp³-hybridized carbons (Fsp3) is 0.130. The second-order valence-electron chi connectivity index (χ2n) is 6.98. The Hall–Kier alpha value is -3.16. The van der Waals surface area contributed by atoms with Crippen molar-refractivity contribution >= 4 is 32.9 Å². The number of pyridine rings is 1. The van der Waals surface area contributed by atoms with E-state index in [-0.39, 0.29) is 15.6 Å². The standard InChI is InChI=1S/C23H19ClN2O4S/c1-30-22-14-19(8-9-20(22)24)31(28,29)18-6-2-16(3-7-18)4-10-21(27)17-5-11-23-25-12-13-26(23)15-17/h2-3,5-9,11-15H,4,10H2,1H3. The highest BCUT2D eigenvalue weighted by Gasteiger charge is 2.19. The van der Waals surface area contributed by atoms with Crippen molar-refractivity contribution in [3.05, 3.63) is 89.3 Å². The zero-order valence-electron chi connectivity index (χ0n) is 16.7. The number of ether oxygens (including phenoxy) is 1. The van der Waals surface area contributed by atoms with E-state index >= 15 is 0 Å². The number of aryl methyl sites for hydroxylation is 1. The van der Waals surface area contributed by atoms with Crippen LogP contribution in [-0.2, 0) is 16.3 Å². The number of methoxy groups -OCH3 is 1. The number of carbonyl (C=O) groups excluding carboxylic acids is 1. The quantitative estimate of drug-likeness (QED) is 0.380. The summed E-state index contributed by atoms with van der Waals surface area (Å²) in [7, 11) is -2.28. The number of sulfone groups is 1. The molecule has 0 bridgehead atoms. The molecule has 0 spiro atoms. The van der Waals surface area contributed by atoms with Crippen LogP contribution in [0.2, 0.25) is 5.02 Å². The summed E-state index contributed by atoms with van der Waals surface area (Å²) in [6, 6.07) is 14.5. The molecule has 0 saturated heterocycles. The second-order valence-corrected chi connectivity index (χ2v) is 9.33. The first-order chi connectivity index (χ1) is 14.9. The Morgan fingerprint density at radius 2 is 1.81 bits per heavy atom. The van der Waals surface area contributed by atoms with E-state index in [1.807, 2.05) is 0 Å². The number of carbonyl (C=O) groups is 1. The first-order valence-corrected chi connectivity index (χ1v) is 11.4. The van der Waals surface area contributed by atoms with Gasteiger partial charge in [0.2, 0.25) is 9.84 Å². The molecule has 0 aliphatic carbocycles. The number of Topliss-reactive ketones (excluding diaryl/α,β-unsaturated/α-hetero) is 1. The van der Waals surface area contributed by atoms with Crippen LogP contribution in [0.4, 0.5) is 0 Å². The topological polar surface area (TPSA) is 77.7 Å². The lowest BCUT2D eigenvalue weighted by molar-refractivity contribution is 0.0982. The predicted octanol–water partition coefficient (Wildman–Crippen LogP) is 4.64. The first-order valence-electron chi connectivity index (χ1n) is 9.52. The summed E-state index contributed by atoms with van der Waals surface area (Å²) >= 11 is 5.99.